The fraction of sp³-hybridized carbons (Fsp3) is 0.192. The van der Waals surface area contributed by atoms with Gasteiger partial charge in [-0.2, -0.15) is 0 Å². The minimum atomic E-state index is -4.78. The Balaban J connectivity index is 1.30. The molecule has 0 atom stereocenters. The Kier molecular flexibility index (Phi) is 6.08. The van der Waals surface area contributed by atoms with E-state index in [0.717, 1.165) is 23.4 Å². The van der Waals surface area contributed by atoms with Gasteiger partial charge in [-0.15, -0.1) is 13.2 Å². The molecule has 5 rings (SSSR count). The van der Waals surface area contributed by atoms with E-state index in [1.807, 2.05) is 36.4 Å². The van der Waals surface area contributed by atoms with Crippen molar-refractivity contribution in [3.8, 4) is 28.4 Å². The van der Waals surface area contributed by atoms with Gasteiger partial charge in [-0.3, -0.25) is 14.7 Å². The second-order valence-electron chi connectivity index (χ2n) is 8.26. The smallest absolute Gasteiger partial charge is 0.405 e. The summed E-state index contributed by atoms with van der Waals surface area (Å²) in [7, 11) is 0. The second-order valence-corrected chi connectivity index (χ2v) is 8.26. The van der Waals surface area contributed by atoms with Crippen molar-refractivity contribution in [2.45, 2.75) is 25.9 Å². The zero-order chi connectivity index (χ0) is 24.4. The first-order valence-corrected chi connectivity index (χ1v) is 11.1. The van der Waals surface area contributed by atoms with E-state index in [1.165, 1.54) is 18.2 Å². The van der Waals surface area contributed by atoms with Crippen LogP contribution < -0.4 is 10.3 Å². The van der Waals surface area contributed by atoms with Gasteiger partial charge in [-0.25, -0.2) is 4.98 Å². The highest BCUT2D eigenvalue weighted by Gasteiger charge is 2.32. The Morgan fingerprint density at radius 1 is 1.00 bits per heavy atom. The third kappa shape index (κ3) is 5.25. The lowest BCUT2D eigenvalue weighted by Gasteiger charge is -2.27. The molecular formula is C26H21F3N4O2. The maximum atomic E-state index is 12.8. The van der Waals surface area contributed by atoms with Gasteiger partial charge in [-0.1, -0.05) is 48.5 Å². The van der Waals surface area contributed by atoms with Crippen LogP contribution in [-0.2, 0) is 19.5 Å². The third-order valence-corrected chi connectivity index (χ3v) is 5.81. The SMILES string of the molecule is O=c1[nH]c(-c2ccccc2)nc2c1CN(Cc1ccc(-c3ccccc3OC(F)(F)F)nc1)CC2. The number of halogens is 3. The molecule has 2 aromatic heterocycles. The molecule has 0 amide bonds. The predicted octanol–water partition coefficient (Wildman–Crippen LogP) is 4.96. The maximum absolute atomic E-state index is 12.8. The zero-order valence-corrected chi connectivity index (χ0v) is 18.5. The average molecular weight is 478 g/mol. The number of hydrogen-bond acceptors (Lipinski definition) is 5. The normalized spacial score (nSPS) is 13.9. The molecule has 0 spiro atoms. The molecule has 0 saturated carbocycles. The average Bonchev–Trinajstić information content (AvgIpc) is 2.85. The molecule has 1 N–H and O–H groups in total. The van der Waals surface area contributed by atoms with Crippen LogP contribution in [0, 0.1) is 0 Å². The van der Waals surface area contributed by atoms with Gasteiger partial charge in [0, 0.05) is 43.4 Å². The summed E-state index contributed by atoms with van der Waals surface area (Å²) in [5.74, 6) is 0.270. The van der Waals surface area contributed by atoms with E-state index in [0.29, 0.717) is 36.6 Å². The molecule has 0 radical (unpaired) electrons. The minimum Gasteiger partial charge on any atom is -0.405 e. The van der Waals surface area contributed by atoms with Gasteiger partial charge in [0.1, 0.15) is 11.6 Å². The number of fused-ring (bicyclic) bond motifs is 1. The molecule has 4 aromatic rings. The number of pyridine rings is 1. The van der Waals surface area contributed by atoms with Crippen molar-refractivity contribution < 1.29 is 17.9 Å². The number of benzene rings is 2. The number of rotatable bonds is 5. The largest absolute Gasteiger partial charge is 0.573 e. The summed E-state index contributed by atoms with van der Waals surface area (Å²) < 4.78 is 42.3. The van der Waals surface area contributed by atoms with Crippen molar-refractivity contribution in [3.63, 3.8) is 0 Å². The summed E-state index contributed by atoms with van der Waals surface area (Å²) in [6, 6.07) is 18.9. The number of nitrogens with one attached hydrogen (secondary N) is 1. The van der Waals surface area contributed by atoms with E-state index in [-0.39, 0.29) is 16.9 Å². The number of hydrogen-bond donors (Lipinski definition) is 1. The number of para-hydroxylation sites is 1. The van der Waals surface area contributed by atoms with Crippen LogP contribution in [-0.4, -0.2) is 32.8 Å². The molecule has 1 aliphatic heterocycles. The number of H-pyrrole nitrogens is 1. The molecule has 0 aliphatic carbocycles. The highest BCUT2D eigenvalue weighted by Crippen LogP contribution is 2.32. The summed E-state index contributed by atoms with van der Waals surface area (Å²) in [6.45, 7) is 1.73. The highest BCUT2D eigenvalue weighted by atomic mass is 19.4. The third-order valence-electron chi connectivity index (χ3n) is 5.81. The topological polar surface area (TPSA) is 71.1 Å². The van der Waals surface area contributed by atoms with Crippen molar-refractivity contribution in [2.75, 3.05) is 6.54 Å². The molecule has 6 nitrogen and oxygen atoms in total. The van der Waals surface area contributed by atoms with Crippen molar-refractivity contribution in [3.05, 3.63) is 100 Å². The zero-order valence-electron chi connectivity index (χ0n) is 18.5. The Bertz CT molecular complexity index is 1390. The molecule has 0 fully saturated rings. The van der Waals surface area contributed by atoms with Gasteiger partial charge in [0.2, 0.25) is 0 Å². The van der Waals surface area contributed by atoms with Crippen LogP contribution in [0.15, 0.2) is 77.7 Å². The Hall–Kier alpha value is -3.98. The highest BCUT2D eigenvalue weighted by molar-refractivity contribution is 5.67. The van der Waals surface area contributed by atoms with Crippen molar-refractivity contribution in [1.29, 1.82) is 0 Å². The van der Waals surface area contributed by atoms with Crippen LogP contribution in [0.1, 0.15) is 16.8 Å². The van der Waals surface area contributed by atoms with Gasteiger partial charge in [0.25, 0.3) is 5.56 Å². The maximum Gasteiger partial charge on any atom is 0.573 e. The van der Waals surface area contributed by atoms with Gasteiger partial charge < -0.3 is 9.72 Å². The van der Waals surface area contributed by atoms with E-state index in [2.05, 4.69) is 24.6 Å². The number of nitrogens with zero attached hydrogens (tertiary/aromatic N) is 3. The van der Waals surface area contributed by atoms with Crippen LogP contribution in [0.5, 0.6) is 5.75 Å². The first-order valence-electron chi connectivity index (χ1n) is 11.1. The molecule has 35 heavy (non-hydrogen) atoms. The Labute approximate surface area is 199 Å². The molecule has 1 aliphatic rings. The summed E-state index contributed by atoms with van der Waals surface area (Å²) in [5, 5.41) is 0. The molecular weight excluding hydrogens is 457 g/mol. The first kappa shape index (κ1) is 22.8. The Morgan fingerprint density at radius 2 is 1.77 bits per heavy atom. The monoisotopic (exact) mass is 478 g/mol. The van der Waals surface area contributed by atoms with E-state index in [1.54, 1.807) is 18.3 Å². The van der Waals surface area contributed by atoms with Crippen molar-refractivity contribution in [1.82, 2.24) is 19.9 Å². The van der Waals surface area contributed by atoms with Crippen molar-refractivity contribution in [2.24, 2.45) is 0 Å². The van der Waals surface area contributed by atoms with Crippen LogP contribution >= 0.6 is 0 Å². The molecule has 0 saturated heterocycles. The van der Waals surface area contributed by atoms with Crippen molar-refractivity contribution >= 4 is 0 Å². The van der Waals surface area contributed by atoms with E-state index >= 15 is 0 Å². The number of ether oxygens (including phenoxy) is 1. The molecule has 178 valence electrons. The predicted molar refractivity (Wildman–Crippen MR) is 124 cm³/mol. The van der Waals surface area contributed by atoms with E-state index in [4.69, 9.17) is 0 Å². The standard InChI is InChI=1S/C26H21F3N4O2/c27-26(28,29)35-23-9-5-4-8-19(23)21-11-10-17(14-30-21)15-33-13-12-22-20(16-33)25(34)32-24(31-22)18-6-2-1-3-7-18/h1-11,14H,12-13,15-16H2,(H,31,32,34). The summed E-state index contributed by atoms with van der Waals surface area (Å²) in [4.78, 5) is 26.8. The van der Waals surface area contributed by atoms with Gasteiger partial charge >= 0.3 is 6.36 Å². The molecule has 2 aromatic carbocycles. The first-order chi connectivity index (χ1) is 16.9. The van der Waals surface area contributed by atoms with Crippen LogP contribution in [0.25, 0.3) is 22.6 Å². The van der Waals surface area contributed by atoms with Gasteiger partial charge in [0.15, 0.2) is 0 Å². The molecule has 9 heteroatoms. The lowest BCUT2D eigenvalue weighted by atomic mass is 10.1. The second kappa shape index (κ2) is 9.34. The molecule has 0 bridgehead atoms. The summed E-state index contributed by atoms with van der Waals surface area (Å²) in [5.41, 5.74) is 3.70. The van der Waals surface area contributed by atoms with E-state index in [9.17, 15) is 18.0 Å². The lowest BCUT2D eigenvalue weighted by Crippen LogP contribution is -2.35. The lowest BCUT2D eigenvalue weighted by molar-refractivity contribution is -0.274. The fourth-order valence-electron chi connectivity index (χ4n) is 4.18. The van der Waals surface area contributed by atoms with Crippen LogP contribution in [0.3, 0.4) is 0 Å². The fourth-order valence-corrected chi connectivity index (χ4v) is 4.18. The Morgan fingerprint density at radius 3 is 2.51 bits per heavy atom. The van der Waals surface area contributed by atoms with Crippen LogP contribution in [0.2, 0.25) is 0 Å². The van der Waals surface area contributed by atoms with Gasteiger partial charge in [-0.05, 0) is 23.8 Å². The van der Waals surface area contributed by atoms with Gasteiger partial charge in [0.05, 0.1) is 17.0 Å². The molecule has 0 unspecified atom stereocenters. The quantitative estimate of drug-likeness (QED) is 0.439. The minimum absolute atomic E-state index is 0.145. The van der Waals surface area contributed by atoms with E-state index < -0.39 is 6.36 Å². The number of aromatic nitrogens is 3. The number of aromatic amines is 1. The number of alkyl halides is 3. The summed E-state index contributed by atoms with van der Waals surface area (Å²) in [6.07, 6.45) is -2.50. The molecule has 3 heterocycles. The van der Waals surface area contributed by atoms with Crippen LogP contribution in [0.4, 0.5) is 13.2 Å². The summed E-state index contributed by atoms with van der Waals surface area (Å²) >= 11 is 0.